The molecule has 0 radical (unpaired) electrons. The number of imidazole rings is 1. The van der Waals surface area contributed by atoms with Crippen molar-refractivity contribution in [3.05, 3.63) is 72.2 Å². The molecule has 4 aromatic rings. The normalized spacial score (nSPS) is 18.4. The Balaban J connectivity index is 1.26. The van der Waals surface area contributed by atoms with Crippen molar-refractivity contribution in [1.29, 1.82) is 0 Å². The monoisotopic (exact) mass is 608 g/mol. The van der Waals surface area contributed by atoms with Gasteiger partial charge in [-0.1, -0.05) is 68.7 Å². The average molecular weight is 609 g/mol. The van der Waals surface area contributed by atoms with Gasteiger partial charge in [-0.25, -0.2) is 19.7 Å². The van der Waals surface area contributed by atoms with Crippen LogP contribution in [0.1, 0.15) is 77.6 Å². The second kappa shape index (κ2) is 12.5. The second-order valence-electron chi connectivity index (χ2n) is 13.0. The number of hydrogen-bond acceptors (Lipinski definition) is 7. The minimum atomic E-state index is -0.745. The highest BCUT2D eigenvalue weighted by Gasteiger charge is 2.48. The lowest BCUT2D eigenvalue weighted by Gasteiger charge is -2.19. The first kappa shape index (κ1) is 30.5. The van der Waals surface area contributed by atoms with Crippen LogP contribution in [0.2, 0.25) is 0 Å². The molecule has 2 aromatic carbocycles. The third kappa shape index (κ3) is 6.34. The topological polar surface area (TPSA) is 104 Å². The maximum Gasteiger partial charge on any atom is 0.514 e. The Morgan fingerprint density at radius 3 is 2.33 bits per heavy atom. The summed E-state index contributed by atoms with van der Waals surface area (Å²) in [4.78, 5) is 49.8. The van der Waals surface area contributed by atoms with Gasteiger partial charge >= 0.3 is 6.16 Å². The molecule has 0 N–H and O–H groups in total. The number of anilines is 1. The molecule has 2 aromatic heterocycles. The van der Waals surface area contributed by atoms with Gasteiger partial charge in [-0.3, -0.25) is 9.59 Å². The molecule has 3 heterocycles. The maximum absolute atomic E-state index is 13.2. The summed E-state index contributed by atoms with van der Waals surface area (Å²) in [6.07, 6.45) is 7.23. The van der Waals surface area contributed by atoms with E-state index < -0.39 is 11.8 Å². The third-order valence-corrected chi connectivity index (χ3v) is 8.58. The Morgan fingerprint density at radius 1 is 0.978 bits per heavy atom. The quantitative estimate of drug-likeness (QED) is 0.116. The van der Waals surface area contributed by atoms with Crippen molar-refractivity contribution in [3.8, 4) is 16.9 Å². The van der Waals surface area contributed by atoms with Gasteiger partial charge in [0.25, 0.3) is 0 Å². The summed E-state index contributed by atoms with van der Waals surface area (Å²) < 4.78 is 13.0. The van der Waals surface area contributed by atoms with Gasteiger partial charge in [0.2, 0.25) is 11.8 Å². The van der Waals surface area contributed by atoms with Crippen molar-refractivity contribution >= 4 is 34.8 Å². The molecule has 2 atom stereocenters. The van der Waals surface area contributed by atoms with Gasteiger partial charge in [-0.15, -0.1) is 0 Å². The molecule has 45 heavy (non-hydrogen) atoms. The summed E-state index contributed by atoms with van der Waals surface area (Å²) in [5.74, 6) is 0.724. The van der Waals surface area contributed by atoms with Gasteiger partial charge in [0.05, 0.1) is 30.3 Å². The summed E-state index contributed by atoms with van der Waals surface area (Å²) in [7, 11) is 0. The van der Waals surface area contributed by atoms with Crippen LogP contribution in [0.5, 0.6) is 5.75 Å². The molecule has 9 heteroatoms. The fourth-order valence-electron chi connectivity index (χ4n) is 6.41. The molecule has 1 aliphatic carbocycles. The largest absolute Gasteiger partial charge is 0.514 e. The molecule has 2 unspecified atom stereocenters. The molecule has 234 valence electrons. The number of pyridine rings is 1. The van der Waals surface area contributed by atoms with E-state index in [0.29, 0.717) is 23.5 Å². The zero-order valence-corrected chi connectivity index (χ0v) is 26.4. The van der Waals surface area contributed by atoms with E-state index in [1.54, 1.807) is 33.0 Å². The van der Waals surface area contributed by atoms with Crippen LogP contribution >= 0.6 is 0 Å². The lowest BCUT2D eigenvalue weighted by atomic mass is 9.81. The van der Waals surface area contributed by atoms with E-state index in [4.69, 9.17) is 19.4 Å². The number of aryl methyl sites for hydroxylation is 1. The number of ether oxygens (including phenoxy) is 2. The zero-order valence-electron chi connectivity index (χ0n) is 26.4. The number of fused-ring (bicyclic) bond motifs is 2. The molecule has 1 saturated heterocycles. The molecule has 0 bridgehead atoms. The Bertz CT molecular complexity index is 1710. The van der Waals surface area contributed by atoms with Crippen LogP contribution in [0.15, 0.2) is 60.8 Å². The van der Waals surface area contributed by atoms with E-state index in [1.165, 1.54) is 4.90 Å². The Hall–Kier alpha value is -4.53. The van der Waals surface area contributed by atoms with Crippen molar-refractivity contribution < 1.29 is 23.9 Å². The zero-order chi connectivity index (χ0) is 31.7. The summed E-state index contributed by atoms with van der Waals surface area (Å²) in [6, 6.07) is 17.3. The SMILES string of the molecule is CCCCc1nc2cc(N3C(=O)C4CCCCC4C3=O)cnc2n1Cc1ccc(-c2ccccc2OC(=O)OC(C)(C)C)cc1. The van der Waals surface area contributed by atoms with Crippen LogP contribution in [-0.2, 0) is 27.3 Å². The fraction of sp³-hybridized carbons (Fsp3) is 0.417. The van der Waals surface area contributed by atoms with Crippen LogP contribution in [0.3, 0.4) is 0 Å². The number of imide groups is 1. The highest BCUT2D eigenvalue weighted by molar-refractivity contribution is 6.22. The molecule has 1 aliphatic heterocycles. The summed E-state index contributed by atoms with van der Waals surface area (Å²) in [5, 5.41) is 0. The van der Waals surface area contributed by atoms with Crippen LogP contribution in [0.4, 0.5) is 10.5 Å². The molecule has 2 fully saturated rings. The lowest BCUT2D eigenvalue weighted by Crippen LogP contribution is -2.30. The first-order chi connectivity index (χ1) is 21.6. The van der Waals surface area contributed by atoms with E-state index in [0.717, 1.165) is 73.1 Å². The molecule has 0 spiro atoms. The van der Waals surface area contributed by atoms with E-state index in [9.17, 15) is 14.4 Å². The average Bonchev–Trinajstić information content (AvgIpc) is 3.48. The van der Waals surface area contributed by atoms with Crippen LogP contribution in [0, 0.1) is 11.8 Å². The number of para-hydroxylation sites is 1. The molecule has 9 nitrogen and oxygen atoms in total. The Labute approximate surface area is 263 Å². The Morgan fingerprint density at radius 2 is 1.67 bits per heavy atom. The molecule has 6 rings (SSSR count). The number of aromatic nitrogens is 3. The van der Waals surface area contributed by atoms with E-state index in [-0.39, 0.29) is 23.7 Å². The van der Waals surface area contributed by atoms with Gasteiger partial charge in [0.1, 0.15) is 22.7 Å². The number of hydrogen-bond donors (Lipinski definition) is 0. The number of nitrogens with zero attached hydrogens (tertiary/aromatic N) is 4. The van der Waals surface area contributed by atoms with E-state index >= 15 is 0 Å². The first-order valence-corrected chi connectivity index (χ1v) is 15.9. The highest BCUT2D eigenvalue weighted by atomic mass is 16.7. The number of carbonyl (C=O) groups is 3. The van der Waals surface area contributed by atoms with Gasteiger partial charge in [-0.2, -0.15) is 0 Å². The standard InChI is InChI=1S/C36H40N4O5/c1-5-6-15-31-38-29-20-25(40-33(41)27-12-7-8-13-28(27)34(40)42)21-37-32(29)39(31)22-23-16-18-24(19-17-23)26-11-9-10-14-30(26)44-35(43)45-36(2,3)4/h9-11,14,16-21,27-28H,5-8,12-13,15,22H2,1-4H3. The van der Waals surface area contributed by atoms with Crippen molar-refractivity contribution in [3.63, 3.8) is 0 Å². The lowest BCUT2D eigenvalue weighted by molar-refractivity contribution is -0.122. The summed E-state index contributed by atoms with van der Waals surface area (Å²) >= 11 is 0. The highest BCUT2D eigenvalue weighted by Crippen LogP contribution is 2.40. The molecule has 2 amide bonds. The smallest absolute Gasteiger partial charge is 0.428 e. The van der Waals surface area contributed by atoms with E-state index in [2.05, 4.69) is 11.5 Å². The molecule has 2 aliphatic rings. The van der Waals surface area contributed by atoms with Gasteiger partial charge in [0, 0.05) is 12.0 Å². The number of rotatable bonds is 8. The van der Waals surface area contributed by atoms with Crippen molar-refractivity contribution in [1.82, 2.24) is 14.5 Å². The summed E-state index contributed by atoms with van der Waals surface area (Å²) in [6.45, 7) is 8.10. The van der Waals surface area contributed by atoms with Crippen LogP contribution < -0.4 is 9.64 Å². The molecule has 1 saturated carbocycles. The van der Waals surface area contributed by atoms with Crippen molar-refractivity contribution in [2.24, 2.45) is 11.8 Å². The second-order valence-corrected chi connectivity index (χ2v) is 13.0. The minimum Gasteiger partial charge on any atom is -0.428 e. The fourth-order valence-corrected chi connectivity index (χ4v) is 6.41. The number of benzene rings is 2. The summed E-state index contributed by atoms with van der Waals surface area (Å²) in [5.41, 5.74) is 4.01. The van der Waals surface area contributed by atoms with Gasteiger partial charge < -0.3 is 14.0 Å². The third-order valence-electron chi connectivity index (χ3n) is 8.58. The predicted molar refractivity (Wildman–Crippen MR) is 172 cm³/mol. The van der Waals surface area contributed by atoms with Crippen molar-refractivity contribution in [2.45, 2.75) is 84.8 Å². The van der Waals surface area contributed by atoms with Gasteiger partial charge in [0.15, 0.2) is 5.65 Å². The van der Waals surface area contributed by atoms with Crippen LogP contribution in [0.25, 0.3) is 22.3 Å². The number of carbonyl (C=O) groups excluding carboxylic acids is 3. The number of unbranched alkanes of at least 4 members (excludes halogenated alkanes) is 1. The van der Waals surface area contributed by atoms with E-state index in [1.807, 2.05) is 48.5 Å². The Kier molecular flexibility index (Phi) is 8.44. The minimum absolute atomic E-state index is 0.102. The predicted octanol–water partition coefficient (Wildman–Crippen LogP) is 7.48. The molecular weight excluding hydrogens is 568 g/mol. The van der Waals surface area contributed by atoms with Gasteiger partial charge in [-0.05, 0) is 63.3 Å². The van der Waals surface area contributed by atoms with Crippen LogP contribution in [-0.4, -0.2) is 38.1 Å². The first-order valence-electron chi connectivity index (χ1n) is 15.9. The van der Waals surface area contributed by atoms with Crippen molar-refractivity contribution in [2.75, 3.05) is 4.90 Å². The molecular formula is C36H40N4O5. The number of amides is 2. The maximum atomic E-state index is 13.2.